The van der Waals surface area contributed by atoms with Gasteiger partial charge in [-0.25, -0.2) is 0 Å². The van der Waals surface area contributed by atoms with Gasteiger partial charge in [0.1, 0.15) is 0 Å². The van der Waals surface area contributed by atoms with E-state index < -0.39 is 5.91 Å². The molecule has 1 aromatic rings. The van der Waals surface area contributed by atoms with Gasteiger partial charge in [-0.3, -0.25) is 14.4 Å². The zero-order chi connectivity index (χ0) is 31.5. The van der Waals surface area contributed by atoms with E-state index in [0.29, 0.717) is 58.9 Å². The summed E-state index contributed by atoms with van der Waals surface area (Å²) in [6, 6.07) is 7.36. The molecule has 7 nitrogen and oxygen atoms in total. The number of carbonyl (C=O) groups is 3. The number of hydrogen-bond donors (Lipinski definition) is 4. The minimum absolute atomic E-state index is 0.0188. The Hall–Kier alpha value is -2.41. The summed E-state index contributed by atoms with van der Waals surface area (Å²) in [5.41, 5.74) is 6.99. The van der Waals surface area contributed by atoms with Gasteiger partial charge in [-0.05, 0) is 134 Å². The van der Waals surface area contributed by atoms with Crippen LogP contribution in [0.4, 0.5) is 0 Å². The van der Waals surface area contributed by atoms with Crippen molar-refractivity contribution in [2.75, 3.05) is 13.1 Å². The standard InChI is InChI=1S/C37H55N3O4/c1-34(2)28-13-17-35(3)26-12-19-37(16-6-9-27(37)25(26)10-11-29(35)36(28,4)18-14-30(34)41)33(44)39-20-15-23-7-5-8-24(21-23)32(43)40-22-31(38)42/h5,7-8,21,25-30,41H,6,9-20,22H2,1-4H3,(H2,38,42)(H,39,44)(H,40,43). The molecule has 0 spiro atoms. The first kappa shape index (κ1) is 31.6. The number of nitrogens with two attached hydrogens (primary N) is 1. The molecular formula is C37H55N3O4. The summed E-state index contributed by atoms with van der Waals surface area (Å²) in [4.78, 5) is 37.4. The van der Waals surface area contributed by atoms with E-state index in [1.807, 2.05) is 18.2 Å². The quantitative estimate of drug-likeness (QED) is 0.333. The molecule has 5 aliphatic carbocycles. The van der Waals surface area contributed by atoms with Crippen LogP contribution < -0.4 is 16.4 Å². The molecule has 0 bridgehead atoms. The minimum atomic E-state index is -0.575. The molecular weight excluding hydrogens is 550 g/mol. The minimum Gasteiger partial charge on any atom is -0.393 e. The lowest BCUT2D eigenvalue weighted by Crippen LogP contribution is -2.63. The molecule has 7 heteroatoms. The van der Waals surface area contributed by atoms with Gasteiger partial charge in [-0.2, -0.15) is 0 Å². The van der Waals surface area contributed by atoms with Crippen LogP contribution >= 0.6 is 0 Å². The highest BCUT2D eigenvalue weighted by Crippen LogP contribution is 2.73. The van der Waals surface area contributed by atoms with Gasteiger partial charge in [0.25, 0.3) is 5.91 Å². The van der Waals surface area contributed by atoms with E-state index in [9.17, 15) is 19.5 Å². The second-order valence-corrected chi connectivity index (χ2v) is 16.4. The monoisotopic (exact) mass is 605 g/mol. The number of primary amides is 1. The van der Waals surface area contributed by atoms with Crippen LogP contribution in [0.15, 0.2) is 24.3 Å². The van der Waals surface area contributed by atoms with Gasteiger partial charge in [-0.1, -0.05) is 46.2 Å². The first-order valence-corrected chi connectivity index (χ1v) is 17.4. The number of benzene rings is 1. The zero-order valence-electron chi connectivity index (χ0n) is 27.4. The fourth-order valence-electron chi connectivity index (χ4n) is 12.2. The highest BCUT2D eigenvalue weighted by atomic mass is 16.3. The molecule has 0 saturated heterocycles. The van der Waals surface area contributed by atoms with Gasteiger partial charge >= 0.3 is 0 Å². The van der Waals surface area contributed by atoms with Crippen LogP contribution in [0, 0.1) is 51.2 Å². The van der Waals surface area contributed by atoms with E-state index in [2.05, 4.69) is 38.3 Å². The third kappa shape index (κ3) is 5.00. The summed E-state index contributed by atoms with van der Waals surface area (Å²) in [5.74, 6) is 2.45. The number of amides is 3. The molecule has 9 atom stereocenters. The SMILES string of the molecule is CC1(C)C(O)CCC2(C)C1CCC1(C)C3CCC4(C(=O)NCCc5cccc(C(=O)NCC(N)=O)c5)CCCC4C3CCC12. The Morgan fingerprint density at radius 2 is 1.64 bits per heavy atom. The molecule has 0 aliphatic heterocycles. The smallest absolute Gasteiger partial charge is 0.251 e. The normalized spacial score (nSPS) is 40.5. The Morgan fingerprint density at radius 1 is 0.864 bits per heavy atom. The van der Waals surface area contributed by atoms with Crippen LogP contribution in [0.25, 0.3) is 0 Å². The van der Waals surface area contributed by atoms with Crippen LogP contribution in [0.1, 0.15) is 114 Å². The number of carbonyl (C=O) groups excluding carboxylic acids is 3. The first-order chi connectivity index (χ1) is 20.8. The van der Waals surface area contributed by atoms with E-state index in [1.54, 1.807) is 6.07 Å². The lowest BCUT2D eigenvalue weighted by atomic mass is 9.36. The van der Waals surface area contributed by atoms with Crippen molar-refractivity contribution in [3.8, 4) is 0 Å². The fraction of sp³-hybridized carbons (Fsp3) is 0.757. The molecule has 44 heavy (non-hydrogen) atoms. The predicted molar refractivity (Wildman–Crippen MR) is 171 cm³/mol. The molecule has 0 radical (unpaired) electrons. The maximum Gasteiger partial charge on any atom is 0.251 e. The maximum absolute atomic E-state index is 14.1. The molecule has 6 rings (SSSR count). The third-order valence-corrected chi connectivity index (χ3v) is 14.3. The van der Waals surface area contributed by atoms with Crippen molar-refractivity contribution < 1.29 is 19.5 Å². The Balaban J connectivity index is 1.12. The van der Waals surface area contributed by atoms with E-state index in [0.717, 1.165) is 44.1 Å². The average molecular weight is 606 g/mol. The second kappa shape index (κ2) is 11.4. The maximum atomic E-state index is 14.1. The van der Waals surface area contributed by atoms with Crippen LogP contribution in [0.3, 0.4) is 0 Å². The molecule has 3 amide bonds. The lowest BCUT2D eigenvalue weighted by Gasteiger charge is -2.69. The average Bonchev–Trinajstić information content (AvgIpc) is 3.44. The summed E-state index contributed by atoms with van der Waals surface area (Å²) >= 11 is 0. The Labute approximate surface area is 263 Å². The van der Waals surface area contributed by atoms with E-state index in [1.165, 1.54) is 32.1 Å². The largest absolute Gasteiger partial charge is 0.393 e. The summed E-state index contributed by atoms with van der Waals surface area (Å²) in [6.07, 6.45) is 13.1. The van der Waals surface area contributed by atoms with Gasteiger partial charge in [0, 0.05) is 12.1 Å². The number of aliphatic hydroxyl groups is 1. The molecule has 0 heterocycles. The van der Waals surface area contributed by atoms with Gasteiger partial charge < -0.3 is 21.5 Å². The van der Waals surface area contributed by atoms with Crippen molar-refractivity contribution in [1.82, 2.24) is 10.6 Å². The van der Waals surface area contributed by atoms with Crippen molar-refractivity contribution in [3.05, 3.63) is 35.4 Å². The predicted octanol–water partition coefficient (Wildman–Crippen LogP) is 5.39. The van der Waals surface area contributed by atoms with Gasteiger partial charge in [0.05, 0.1) is 18.1 Å². The Kier molecular flexibility index (Phi) is 8.20. The lowest BCUT2D eigenvalue weighted by molar-refractivity contribution is -0.214. The summed E-state index contributed by atoms with van der Waals surface area (Å²) in [6.45, 7) is 10.2. The molecule has 242 valence electrons. The molecule has 5 fully saturated rings. The van der Waals surface area contributed by atoms with Crippen molar-refractivity contribution in [2.24, 2.45) is 57.0 Å². The van der Waals surface area contributed by atoms with Gasteiger partial charge in [0.2, 0.25) is 11.8 Å². The topological polar surface area (TPSA) is 122 Å². The molecule has 0 aromatic heterocycles. The zero-order valence-corrected chi connectivity index (χ0v) is 27.4. The number of fused-ring (bicyclic) bond motifs is 7. The van der Waals surface area contributed by atoms with Gasteiger partial charge in [0.15, 0.2) is 0 Å². The van der Waals surface area contributed by atoms with Crippen LogP contribution in [0.5, 0.6) is 0 Å². The number of hydrogen-bond acceptors (Lipinski definition) is 4. The Bertz CT molecular complexity index is 1300. The fourth-order valence-corrected chi connectivity index (χ4v) is 12.2. The number of aliphatic hydroxyl groups excluding tert-OH is 1. The van der Waals surface area contributed by atoms with Crippen molar-refractivity contribution >= 4 is 17.7 Å². The van der Waals surface area contributed by atoms with Crippen molar-refractivity contribution in [1.29, 1.82) is 0 Å². The molecule has 5 N–H and O–H groups in total. The summed E-state index contributed by atoms with van der Waals surface area (Å²) < 4.78 is 0. The second-order valence-electron chi connectivity index (χ2n) is 16.4. The van der Waals surface area contributed by atoms with E-state index in [-0.39, 0.29) is 35.3 Å². The Morgan fingerprint density at radius 3 is 2.41 bits per heavy atom. The summed E-state index contributed by atoms with van der Waals surface area (Å²) in [5, 5.41) is 16.8. The highest BCUT2D eigenvalue weighted by molar-refractivity contribution is 5.96. The number of nitrogens with one attached hydrogen (secondary N) is 2. The van der Waals surface area contributed by atoms with E-state index >= 15 is 0 Å². The van der Waals surface area contributed by atoms with Gasteiger partial charge in [-0.15, -0.1) is 0 Å². The van der Waals surface area contributed by atoms with Crippen molar-refractivity contribution in [3.63, 3.8) is 0 Å². The molecule has 5 saturated carbocycles. The summed E-state index contributed by atoms with van der Waals surface area (Å²) in [7, 11) is 0. The van der Waals surface area contributed by atoms with Crippen LogP contribution in [-0.2, 0) is 16.0 Å². The number of rotatable bonds is 7. The molecule has 9 unspecified atom stereocenters. The molecule has 5 aliphatic rings. The van der Waals surface area contributed by atoms with Crippen molar-refractivity contribution in [2.45, 2.75) is 111 Å². The third-order valence-electron chi connectivity index (χ3n) is 14.3. The first-order valence-electron chi connectivity index (χ1n) is 17.4. The highest BCUT2D eigenvalue weighted by Gasteiger charge is 2.67. The van der Waals surface area contributed by atoms with E-state index in [4.69, 9.17) is 5.73 Å². The molecule has 1 aromatic carbocycles. The van der Waals surface area contributed by atoms with Crippen LogP contribution in [-0.4, -0.2) is 42.0 Å². The van der Waals surface area contributed by atoms with Crippen LogP contribution in [0.2, 0.25) is 0 Å².